The first kappa shape index (κ1) is 16.4. The van der Waals surface area contributed by atoms with E-state index >= 15 is 0 Å². The molecule has 0 aliphatic carbocycles. The van der Waals surface area contributed by atoms with Crippen molar-refractivity contribution in [3.8, 4) is 0 Å². The molecule has 0 radical (unpaired) electrons. The molecule has 0 aromatic carbocycles. The van der Waals surface area contributed by atoms with E-state index in [-0.39, 0.29) is 18.1 Å². The molecular weight excluding hydrogens is 264 g/mol. The first-order valence-electron chi connectivity index (χ1n) is 7.11. The van der Waals surface area contributed by atoms with E-state index in [9.17, 15) is 13.2 Å². The van der Waals surface area contributed by atoms with Crippen LogP contribution in [0.15, 0.2) is 0 Å². The number of amides is 1. The van der Waals surface area contributed by atoms with E-state index in [4.69, 9.17) is 0 Å². The van der Waals surface area contributed by atoms with Crippen LogP contribution in [0, 0.1) is 0 Å². The fraction of sp³-hybridized carbons (Fsp3) is 0.923. The average Bonchev–Trinajstić information content (AvgIpc) is 2.36. The Bertz CT molecular complexity index is 375. The third-order valence-electron chi connectivity index (χ3n) is 3.39. The molecule has 1 aliphatic heterocycles. The molecule has 5 nitrogen and oxygen atoms in total. The van der Waals surface area contributed by atoms with E-state index in [1.54, 1.807) is 0 Å². The van der Waals surface area contributed by atoms with Crippen LogP contribution in [-0.4, -0.2) is 56.9 Å². The van der Waals surface area contributed by atoms with Crippen LogP contribution in [0.2, 0.25) is 0 Å². The number of piperidine rings is 1. The predicted molar refractivity (Wildman–Crippen MR) is 76.8 cm³/mol. The van der Waals surface area contributed by atoms with Crippen LogP contribution in [0.3, 0.4) is 0 Å². The minimum absolute atomic E-state index is 0.0420. The summed E-state index contributed by atoms with van der Waals surface area (Å²) in [7, 11) is -3.06. The average molecular weight is 290 g/mol. The number of hydrogen-bond acceptors (Lipinski definition) is 4. The van der Waals surface area contributed by atoms with Gasteiger partial charge in [0.25, 0.3) is 0 Å². The molecule has 1 amide bonds. The number of hydrogen-bond donors (Lipinski definition) is 1. The quantitative estimate of drug-likeness (QED) is 0.753. The fourth-order valence-electron chi connectivity index (χ4n) is 2.36. The summed E-state index contributed by atoms with van der Waals surface area (Å²) in [5, 5.41) is 3.42. The standard InChI is InChI=1S/C13H26N2O3S/c1-3-9-15(11-12-6-4-5-8-14-12)13(16)7-10-19(2,17)18/h12,14H,3-11H2,1-2H3. The number of carbonyl (C=O) groups is 1. The van der Waals surface area contributed by atoms with Gasteiger partial charge in [0.2, 0.25) is 5.91 Å². The Morgan fingerprint density at radius 3 is 2.63 bits per heavy atom. The summed E-state index contributed by atoms with van der Waals surface area (Å²) >= 11 is 0. The Morgan fingerprint density at radius 1 is 1.37 bits per heavy atom. The van der Waals surface area contributed by atoms with Gasteiger partial charge in [-0.05, 0) is 25.8 Å². The normalized spacial score (nSPS) is 20.2. The molecule has 0 aromatic heterocycles. The summed E-state index contributed by atoms with van der Waals surface area (Å²) in [4.78, 5) is 13.9. The Kier molecular flexibility index (Phi) is 6.79. The molecule has 1 fully saturated rings. The lowest BCUT2D eigenvalue weighted by Crippen LogP contribution is -2.46. The van der Waals surface area contributed by atoms with Gasteiger partial charge in [-0.3, -0.25) is 4.79 Å². The van der Waals surface area contributed by atoms with Gasteiger partial charge < -0.3 is 10.2 Å². The first-order chi connectivity index (χ1) is 8.92. The van der Waals surface area contributed by atoms with E-state index < -0.39 is 9.84 Å². The van der Waals surface area contributed by atoms with Gasteiger partial charge in [0.05, 0.1) is 5.75 Å². The molecule has 1 unspecified atom stereocenters. The number of nitrogens with one attached hydrogen (secondary N) is 1. The van der Waals surface area contributed by atoms with Crippen LogP contribution >= 0.6 is 0 Å². The second-order valence-corrected chi connectivity index (χ2v) is 7.63. The summed E-state index contributed by atoms with van der Waals surface area (Å²) in [6.45, 7) is 4.46. The van der Waals surface area contributed by atoms with E-state index in [1.807, 2.05) is 11.8 Å². The van der Waals surface area contributed by atoms with Crippen molar-refractivity contribution < 1.29 is 13.2 Å². The van der Waals surface area contributed by atoms with Crippen LogP contribution in [0.4, 0.5) is 0 Å². The highest BCUT2D eigenvalue weighted by Gasteiger charge is 2.20. The van der Waals surface area contributed by atoms with E-state index in [0.29, 0.717) is 19.1 Å². The SMILES string of the molecule is CCCN(CC1CCCCN1)C(=O)CCS(C)(=O)=O. The van der Waals surface area contributed by atoms with Crippen molar-refractivity contribution in [2.45, 2.75) is 45.1 Å². The van der Waals surface area contributed by atoms with Gasteiger partial charge >= 0.3 is 0 Å². The molecule has 0 spiro atoms. The molecule has 1 heterocycles. The zero-order valence-electron chi connectivity index (χ0n) is 12.0. The van der Waals surface area contributed by atoms with Crippen LogP contribution in [-0.2, 0) is 14.6 Å². The van der Waals surface area contributed by atoms with Crippen molar-refractivity contribution in [3.05, 3.63) is 0 Å². The third-order valence-corrected chi connectivity index (χ3v) is 4.33. The van der Waals surface area contributed by atoms with Gasteiger partial charge in [0, 0.05) is 31.8 Å². The number of nitrogens with zero attached hydrogens (tertiary/aromatic N) is 1. The lowest BCUT2D eigenvalue weighted by atomic mass is 10.0. The monoisotopic (exact) mass is 290 g/mol. The Morgan fingerprint density at radius 2 is 2.11 bits per heavy atom. The van der Waals surface area contributed by atoms with Crippen molar-refractivity contribution in [2.24, 2.45) is 0 Å². The Labute approximate surface area is 116 Å². The van der Waals surface area contributed by atoms with Crippen LogP contribution in [0.1, 0.15) is 39.0 Å². The molecule has 112 valence electrons. The first-order valence-corrected chi connectivity index (χ1v) is 9.17. The minimum atomic E-state index is -3.06. The molecule has 1 atom stereocenters. The summed E-state index contributed by atoms with van der Waals surface area (Å²) in [5.74, 6) is -0.0934. The van der Waals surface area contributed by atoms with E-state index in [0.717, 1.165) is 19.4 Å². The Balaban J connectivity index is 2.47. The van der Waals surface area contributed by atoms with Gasteiger partial charge in [-0.15, -0.1) is 0 Å². The molecule has 1 saturated heterocycles. The molecule has 19 heavy (non-hydrogen) atoms. The van der Waals surface area contributed by atoms with Crippen molar-refractivity contribution in [2.75, 3.05) is 31.6 Å². The lowest BCUT2D eigenvalue weighted by molar-refractivity contribution is -0.131. The van der Waals surface area contributed by atoms with E-state index in [1.165, 1.54) is 19.1 Å². The Hall–Kier alpha value is -0.620. The highest BCUT2D eigenvalue weighted by molar-refractivity contribution is 7.90. The van der Waals surface area contributed by atoms with Crippen molar-refractivity contribution in [1.29, 1.82) is 0 Å². The smallest absolute Gasteiger partial charge is 0.223 e. The molecule has 1 N–H and O–H groups in total. The summed E-state index contributed by atoms with van der Waals surface area (Å²) in [6.07, 6.45) is 5.68. The maximum atomic E-state index is 12.1. The molecule has 0 bridgehead atoms. The van der Waals surface area contributed by atoms with Gasteiger partial charge in [0.1, 0.15) is 9.84 Å². The number of carbonyl (C=O) groups excluding carboxylic acids is 1. The number of rotatable bonds is 7. The van der Waals surface area contributed by atoms with Crippen molar-refractivity contribution >= 4 is 15.7 Å². The molecule has 1 aliphatic rings. The molecular formula is C13H26N2O3S. The van der Waals surface area contributed by atoms with Gasteiger partial charge in [-0.1, -0.05) is 13.3 Å². The van der Waals surface area contributed by atoms with Crippen molar-refractivity contribution in [1.82, 2.24) is 10.2 Å². The summed E-state index contributed by atoms with van der Waals surface area (Å²) < 4.78 is 22.2. The molecule has 1 rings (SSSR count). The van der Waals surface area contributed by atoms with Crippen LogP contribution < -0.4 is 5.32 Å². The van der Waals surface area contributed by atoms with Gasteiger partial charge in [0.15, 0.2) is 0 Å². The predicted octanol–water partition coefficient (Wildman–Crippen LogP) is 0.802. The van der Waals surface area contributed by atoms with Crippen molar-refractivity contribution in [3.63, 3.8) is 0 Å². The molecule has 0 aromatic rings. The van der Waals surface area contributed by atoms with Crippen LogP contribution in [0.5, 0.6) is 0 Å². The second-order valence-electron chi connectivity index (χ2n) is 5.37. The topological polar surface area (TPSA) is 66.5 Å². The third kappa shape index (κ3) is 6.92. The molecule has 6 heteroatoms. The number of sulfone groups is 1. The van der Waals surface area contributed by atoms with Gasteiger partial charge in [-0.2, -0.15) is 0 Å². The zero-order chi connectivity index (χ0) is 14.3. The highest BCUT2D eigenvalue weighted by Crippen LogP contribution is 2.10. The fourth-order valence-corrected chi connectivity index (χ4v) is 2.91. The summed E-state index contributed by atoms with van der Waals surface area (Å²) in [6, 6.07) is 0.363. The lowest BCUT2D eigenvalue weighted by Gasteiger charge is -2.30. The van der Waals surface area contributed by atoms with E-state index in [2.05, 4.69) is 5.32 Å². The zero-order valence-corrected chi connectivity index (χ0v) is 12.8. The minimum Gasteiger partial charge on any atom is -0.341 e. The maximum Gasteiger partial charge on any atom is 0.223 e. The largest absolute Gasteiger partial charge is 0.341 e. The maximum absolute atomic E-state index is 12.1. The molecule has 0 saturated carbocycles. The second kappa shape index (κ2) is 7.85. The highest BCUT2D eigenvalue weighted by atomic mass is 32.2. The van der Waals surface area contributed by atoms with Crippen LogP contribution in [0.25, 0.3) is 0 Å². The summed E-state index contributed by atoms with van der Waals surface area (Å²) in [5.41, 5.74) is 0. The van der Waals surface area contributed by atoms with Gasteiger partial charge in [-0.25, -0.2) is 8.42 Å².